The Morgan fingerprint density at radius 2 is 2.16 bits per heavy atom. The van der Waals surface area contributed by atoms with Gasteiger partial charge in [0.2, 0.25) is 0 Å². The van der Waals surface area contributed by atoms with Gasteiger partial charge in [-0.3, -0.25) is 0 Å². The van der Waals surface area contributed by atoms with E-state index in [9.17, 15) is 0 Å². The molecule has 1 aromatic heterocycles. The number of benzene rings is 1. The molecular weight excluding hydrogens is 238 g/mol. The molecule has 1 N–H and O–H groups in total. The maximum absolute atomic E-state index is 5.51. The molecular formula is C15H19N3O. The van der Waals surface area contributed by atoms with Crippen LogP contribution in [0.1, 0.15) is 19.3 Å². The van der Waals surface area contributed by atoms with E-state index in [-0.39, 0.29) is 0 Å². The van der Waals surface area contributed by atoms with E-state index >= 15 is 0 Å². The van der Waals surface area contributed by atoms with Crippen molar-refractivity contribution in [3.05, 3.63) is 43.0 Å². The molecule has 1 fully saturated rings. The van der Waals surface area contributed by atoms with Crippen LogP contribution in [0.25, 0.3) is 5.69 Å². The van der Waals surface area contributed by atoms with Gasteiger partial charge in [0.1, 0.15) is 0 Å². The van der Waals surface area contributed by atoms with Crippen LogP contribution in [0.15, 0.2) is 43.0 Å². The van der Waals surface area contributed by atoms with E-state index in [4.69, 9.17) is 4.74 Å². The second-order valence-corrected chi connectivity index (χ2v) is 4.87. The van der Waals surface area contributed by atoms with Crippen molar-refractivity contribution in [3.8, 4) is 5.69 Å². The number of imidazole rings is 1. The van der Waals surface area contributed by atoms with Crippen molar-refractivity contribution in [3.63, 3.8) is 0 Å². The Balaban J connectivity index is 1.80. The normalized spacial score (nSPS) is 19.9. The van der Waals surface area contributed by atoms with E-state index in [1.807, 2.05) is 17.1 Å². The van der Waals surface area contributed by atoms with E-state index in [2.05, 4.69) is 34.6 Å². The first kappa shape index (κ1) is 12.2. The summed E-state index contributed by atoms with van der Waals surface area (Å²) in [6.45, 7) is 1.74. The predicted molar refractivity (Wildman–Crippen MR) is 75.6 cm³/mol. The van der Waals surface area contributed by atoms with Crippen molar-refractivity contribution in [2.24, 2.45) is 0 Å². The van der Waals surface area contributed by atoms with Gasteiger partial charge in [-0.05, 0) is 31.4 Å². The minimum atomic E-state index is 0.493. The van der Waals surface area contributed by atoms with Gasteiger partial charge in [0.15, 0.2) is 0 Å². The molecule has 19 heavy (non-hydrogen) atoms. The maximum atomic E-state index is 5.51. The molecule has 1 atom stereocenters. The number of hydrogen-bond acceptors (Lipinski definition) is 3. The van der Waals surface area contributed by atoms with Crippen LogP contribution in [0.3, 0.4) is 0 Å². The molecule has 4 heteroatoms. The summed E-state index contributed by atoms with van der Waals surface area (Å²) in [5.74, 6) is 0. The molecule has 1 aliphatic rings. The number of aromatic nitrogens is 2. The van der Waals surface area contributed by atoms with Crippen LogP contribution < -0.4 is 5.32 Å². The van der Waals surface area contributed by atoms with Gasteiger partial charge in [-0.2, -0.15) is 0 Å². The van der Waals surface area contributed by atoms with E-state index in [0.29, 0.717) is 6.04 Å². The molecule has 2 heterocycles. The first-order chi connectivity index (χ1) is 9.43. The summed E-state index contributed by atoms with van der Waals surface area (Å²) in [6, 6.07) is 8.84. The molecule has 3 rings (SSSR count). The van der Waals surface area contributed by atoms with Gasteiger partial charge in [-0.25, -0.2) is 4.98 Å². The van der Waals surface area contributed by atoms with Crippen molar-refractivity contribution < 1.29 is 4.74 Å². The first-order valence-electron chi connectivity index (χ1n) is 6.85. The van der Waals surface area contributed by atoms with Crippen LogP contribution >= 0.6 is 0 Å². The number of anilines is 1. The Hall–Kier alpha value is -1.81. The third-order valence-electron chi connectivity index (χ3n) is 3.50. The fourth-order valence-corrected chi connectivity index (χ4v) is 2.49. The topological polar surface area (TPSA) is 39.1 Å². The molecule has 0 radical (unpaired) electrons. The predicted octanol–water partition coefficient (Wildman–Crippen LogP) is 2.85. The number of hydrogen-bond donors (Lipinski definition) is 1. The Labute approximate surface area is 113 Å². The second-order valence-electron chi connectivity index (χ2n) is 4.87. The molecule has 1 aliphatic heterocycles. The quantitative estimate of drug-likeness (QED) is 0.919. The summed E-state index contributed by atoms with van der Waals surface area (Å²) in [5.41, 5.74) is 2.30. The molecule has 0 aliphatic carbocycles. The fraction of sp³-hybridized carbons (Fsp3) is 0.400. The summed E-state index contributed by atoms with van der Waals surface area (Å²) in [6.07, 6.45) is 8.96. The van der Waals surface area contributed by atoms with Gasteiger partial charge in [0.05, 0.1) is 17.7 Å². The Morgan fingerprint density at radius 3 is 3.05 bits per heavy atom. The van der Waals surface area contributed by atoms with Crippen LogP contribution in [0.5, 0.6) is 0 Å². The number of nitrogens with zero attached hydrogens (tertiary/aromatic N) is 2. The van der Waals surface area contributed by atoms with Gasteiger partial charge < -0.3 is 14.6 Å². The minimum Gasteiger partial charge on any atom is -0.381 e. The Morgan fingerprint density at radius 1 is 1.21 bits per heavy atom. The van der Waals surface area contributed by atoms with Crippen LogP contribution in [0, 0.1) is 0 Å². The monoisotopic (exact) mass is 257 g/mol. The Kier molecular flexibility index (Phi) is 3.79. The number of rotatable bonds is 3. The van der Waals surface area contributed by atoms with E-state index in [1.165, 1.54) is 0 Å². The van der Waals surface area contributed by atoms with E-state index in [1.54, 1.807) is 6.20 Å². The third-order valence-corrected chi connectivity index (χ3v) is 3.50. The molecule has 0 saturated carbocycles. The second kappa shape index (κ2) is 5.89. The smallest absolute Gasteiger partial charge is 0.0992 e. The largest absolute Gasteiger partial charge is 0.381 e. The van der Waals surface area contributed by atoms with Gasteiger partial charge in [-0.1, -0.05) is 12.1 Å². The van der Waals surface area contributed by atoms with Crippen LogP contribution in [-0.2, 0) is 4.74 Å². The molecule has 100 valence electrons. The average Bonchev–Trinajstić information content (AvgIpc) is 2.85. The van der Waals surface area contributed by atoms with Crippen molar-refractivity contribution in [2.45, 2.75) is 25.3 Å². The van der Waals surface area contributed by atoms with Crippen molar-refractivity contribution in [1.29, 1.82) is 0 Å². The van der Waals surface area contributed by atoms with Crippen molar-refractivity contribution in [1.82, 2.24) is 9.55 Å². The van der Waals surface area contributed by atoms with Crippen molar-refractivity contribution in [2.75, 3.05) is 18.5 Å². The maximum Gasteiger partial charge on any atom is 0.0992 e. The van der Waals surface area contributed by atoms with Crippen LogP contribution in [-0.4, -0.2) is 28.8 Å². The zero-order valence-corrected chi connectivity index (χ0v) is 11.0. The Bertz CT molecular complexity index is 502. The average molecular weight is 257 g/mol. The molecule has 1 unspecified atom stereocenters. The lowest BCUT2D eigenvalue weighted by Gasteiger charge is -2.19. The molecule has 1 saturated heterocycles. The molecule has 0 amide bonds. The van der Waals surface area contributed by atoms with Crippen molar-refractivity contribution >= 4 is 5.69 Å². The lowest BCUT2D eigenvalue weighted by Crippen LogP contribution is -2.20. The van der Waals surface area contributed by atoms with E-state index < -0.39 is 0 Å². The highest BCUT2D eigenvalue weighted by atomic mass is 16.5. The molecule has 0 spiro atoms. The zero-order chi connectivity index (χ0) is 12.9. The lowest BCUT2D eigenvalue weighted by atomic mass is 10.1. The highest BCUT2D eigenvalue weighted by Crippen LogP contribution is 2.22. The lowest BCUT2D eigenvalue weighted by molar-refractivity contribution is 0.144. The summed E-state index contributed by atoms with van der Waals surface area (Å²) in [5, 5.41) is 3.65. The molecule has 0 bridgehead atoms. The zero-order valence-electron chi connectivity index (χ0n) is 11.0. The number of para-hydroxylation sites is 2. The minimum absolute atomic E-state index is 0.493. The summed E-state index contributed by atoms with van der Waals surface area (Å²) in [4.78, 5) is 4.12. The number of nitrogens with one attached hydrogen (secondary N) is 1. The van der Waals surface area contributed by atoms with Crippen LogP contribution in [0.4, 0.5) is 5.69 Å². The van der Waals surface area contributed by atoms with Gasteiger partial charge in [0.25, 0.3) is 0 Å². The van der Waals surface area contributed by atoms with Gasteiger partial charge in [0, 0.05) is 31.6 Å². The highest BCUT2D eigenvalue weighted by molar-refractivity contribution is 5.61. The summed E-state index contributed by atoms with van der Waals surface area (Å²) >= 11 is 0. The summed E-state index contributed by atoms with van der Waals surface area (Å²) < 4.78 is 7.55. The highest BCUT2D eigenvalue weighted by Gasteiger charge is 2.13. The fourth-order valence-electron chi connectivity index (χ4n) is 2.49. The standard InChI is InChI=1S/C15H19N3O/c1-2-6-15(18-9-8-16-12-18)14(5-1)17-13-4-3-10-19-11-7-13/h1-2,5-6,8-9,12-13,17H,3-4,7,10-11H2. The van der Waals surface area contributed by atoms with Gasteiger partial charge in [-0.15, -0.1) is 0 Å². The number of ether oxygens (including phenoxy) is 1. The van der Waals surface area contributed by atoms with E-state index in [0.717, 1.165) is 43.9 Å². The molecule has 1 aromatic carbocycles. The first-order valence-corrected chi connectivity index (χ1v) is 6.85. The molecule has 4 nitrogen and oxygen atoms in total. The summed E-state index contributed by atoms with van der Waals surface area (Å²) in [7, 11) is 0. The van der Waals surface area contributed by atoms with Crippen LogP contribution in [0.2, 0.25) is 0 Å². The molecule has 2 aromatic rings. The SMILES string of the molecule is c1ccc(-n2ccnc2)c(NC2CCCOCC2)c1. The third kappa shape index (κ3) is 2.96. The van der Waals surface area contributed by atoms with Gasteiger partial charge >= 0.3 is 0 Å².